The van der Waals surface area contributed by atoms with E-state index in [-0.39, 0.29) is 30.0 Å². The number of nitro benzene ring substituents is 1. The lowest BCUT2D eigenvalue weighted by Crippen LogP contribution is -2.33. The van der Waals surface area contributed by atoms with E-state index in [0.717, 1.165) is 11.0 Å². The molecule has 0 aliphatic carbocycles. The van der Waals surface area contributed by atoms with Crippen LogP contribution in [0, 0.1) is 10.1 Å². The predicted molar refractivity (Wildman–Crippen MR) is 96.0 cm³/mol. The Morgan fingerprint density at radius 1 is 1.23 bits per heavy atom. The predicted octanol–water partition coefficient (Wildman–Crippen LogP) is 3.94. The summed E-state index contributed by atoms with van der Waals surface area (Å²) in [6.07, 6.45) is 0. The standard InChI is InChI=1S/C19H18N2O5/c1-13(18-10-14-6-3-4-9-17(14)26-18)20(2)19(22)12-25-16-8-5-7-15(11-16)21(23)24/h3-11,13H,12H2,1-2H3. The Morgan fingerprint density at radius 3 is 2.73 bits per heavy atom. The second-order valence-electron chi connectivity index (χ2n) is 5.91. The molecule has 26 heavy (non-hydrogen) atoms. The molecule has 0 N–H and O–H groups in total. The Hall–Kier alpha value is -3.35. The second kappa shape index (κ2) is 7.26. The number of nitro groups is 1. The monoisotopic (exact) mass is 354 g/mol. The van der Waals surface area contributed by atoms with E-state index >= 15 is 0 Å². The molecule has 0 saturated heterocycles. The van der Waals surface area contributed by atoms with Gasteiger partial charge in [0.2, 0.25) is 0 Å². The highest BCUT2D eigenvalue weighted by molar-refractivity contribution is 5.79. The van der Waals surface area contributed by atoms with Crippen molar-refractivity contribution in [3.05, 3.63) is 70.5 Å². The maximum absolute atomic E-state index is 12.4. The van der Waals surface area contributed by atoms with Crippen LogP contribution in [0.5, 0.6) is 5.75 Å². The van der Waals surface area contributed by atoms with Crippen molar-refractivity contribution >= 4 is 22.6 Å². The molecule has 2 aromatic carbocycles. The molecule has 0 spiro atoms. The average molecular weight is 354 g/mol. The van der Waals surface area contributed by atoms with Gasteiger partial charge in [-0.1, -0.05) is 24.3 Å². The first-order valence-electron chi connectivity index (χ1n) is 8.07. The number of non-ortho nitro benzene ring substituents is 1. The van der Waals surface area contributed by atoms with Crippen LogP contribution in [0.2, 0.25) is 0 Å². The van der Waals surface area contributed by atoms with E-state index in [1.54, 1.807) is 13.1 Å². The third-order valence-corrected chi connectivity index (χ3v) is 4.22. The molecule has 3 rings (SSSR count). The normalized spacial score (nSPS) is 11.9. The van der Waals surface area contributed by atoms with Crippen molar-refractivity contribution < 1.29 is 18.9 Å². The van der Waals surface area contributed by atoms with Gasteiger partial charge in [0.05, 0.1) is 17.0 Å². The highest BCUT2D eigenvalue weighted by Crippen LogP contribution is 2.27. The first-order chi connectivity index (χ1) is 12.5. The number of hydrogen-bond acceptors (Lipinski definition) is 5. The molecule has 1 amide bonds. The number of ether oxygens (including phenoxy) is 1. The van der Waals surface area contributed by atoms with Crippen molar-refractivity contribution in [1.29, 1.82) is 0 Å². The fourth-order valence-corrected chi connectivity index (χ4v) is 2.55. The molecule has 0 saturated carbocycles. The van der Waals surface area contributed by atoms with Crippen molar-refractivity contribution in [2.45, 2.75) is 13.0 Å². The van der Waals surface area contributed by atoms with Crippen LogP contribution in [-0.4, -0.2) is 29.4 Å². The van der Waals surface area contributed by atoms with Crippen molar-refractivity contribution in [2.75, 3.05) is 13.7 Å². The zero-order chi connectivity index (χ0) is 18.7. The van der Waals surface area contributed by atoms with Gasteiger partial charge in [-0.15, -0.1) is 0 Å². The lowest BCUT2D eigenvalue weighted by molar-refractivity contribution is -0.384. The van der Waals surface area contributed by atoms with Crippen LogP contribution >= 0.6 is 0 Å². The molecular formula is C19H18N2O5. The van der Waals surface area contributed by atoms with Gasteiger partial charge in [-0.05, 0) is 25.1 Å². The van der Waals surface area contributed by atoms with Gasteiger partial charge in [-0.3, -0.25) is 14.9 Å². The average Bonchev–Trinajstić information content (AvgIpc) is 3.09. The summed E-state index contributed by atoms with van der Waals surface area (Å²) in [6.45, 7) is 1.64. The zero-order valence-corrected chi connectivity index (χ0v) is 14.4. The van der Waals surface area contributed by atoms with Crippen LogP contribution in [0.15, 0.2) is 59.0 Å². The van der Waals surface area contributed by atoms with Crippen LogP contribution in [0.1, 0.15) is 18.7 Å². The van der Waals surface area contributed by atoms with E-state index in [0.29, 0.717) is 5.76 Å². The molecule has 1 heterocycles. The number of para-hydroxylation sites is 1. The molecule has 0 aliphatic heterocycles. The molecule has 7 heteroatoms. The molecule has 3 aromatic rings. The minimum absolute atomic E-state index is 0.0843. The van der Waals surface area contributed by atoms with Gasteiger partial charge in [0.1, 0.15) is 17.1 Å². The van der Waals surface area contributed by atoms with Crippen molar-refractivity contribution in [1.82, 2.24) is 4.90 Å². The maximum Gasteiger partial charge on any atom is 0.273 e. The second-order valence-corrected chi connectivity index (χ2v) is 5.91. The fraction of sp³-hybridized carbons (Fsp3) is 0.211. The first kappa shape index (κ1) is 17.5. The molecule has 134 valence electrons. The zero-order valence-electron chi connectivity index (χ0n) is 14.4. The van der Waals surface area contributed by atoms with Crippen LogP contribution in [0.4, 0.5) is 5.69 Å². The number of carbonyl (C=O) groups is 1. The van der Waals surface area contributed by atoms with Crippen molar-refractivity contribution in [3.63, 3.8) is 0 Å². The molecular weight excluding hydrogens is 336 g/mol. The molecule has 7 nitrogen and oxygen atoms in total. The van der Waals surface area contributed by atoms with Gasteiger partial charge in [0.15, 0.2) is 6.61 Å². The lowest BCUT2D eigenvalue weighted by Gasteiger charge is -2.23. The molecule has 0 radical (unpaired) electrons. The van der Waals surface area contributed by atoms with Gasteiger partial charge in [0.25, 0.3) is 11.6 Å². The first-order valence-corrected chi connectivity index (χ1v) is 8.07. The third-order valence-electron chi connectivity index (χ3n) is 4.22. The number of hydrogen-bond donors (Lipinski definition) is 0. The number of likely N-dealkylation sites (N-methyl/N-ethyl adjacent to an activating group) is 1. The van der Waals surface area contributed by atoms with Gasteiger partial charge < -0.3 is 14.1 Å². The highest BCUT2D eigenvalue weighted by Gasteiger charge is 2.21. The van der Waals surface area contributed by atoms with Crippen molar-refractivity contribution in [2.24, 2.45) is 0 Å². The van der Waals surface area contributed by atoms with Gasteiger partial charge >= 0.3 is 0 Å². The number of rotatable bonds is 6. The Bertz CT molecular complexity index is 917. The van der Waals surface area contributed by atoms with Gasteiger partial charge in [-0.25, -0.2) is 0 Å². The van der Waals surface area contributed by atoms with Crippen molar-refractivity contribution in [3.8, 4) is 5.75 Å². The van der Waals surface area contributed by atoms with E-state index in [1.165, 1.54) is 23.1 Å². The summed E-state index contributed by atoms with van der Waals surface area (Å²) in [5, 5.41) is 11.8. The number of nitrogens with zero attached hydrogens (tertiary/aromatic N) is 2. The maximum atomic E-state index is 12.4. The Balaban J connectivity index is 1.65. The van der Waals surface area contributed by atoms with Gasteiger partial charge in [0, 0.05) is 18.5 Å². The lowest BCUT2D eigenvalue weighted by atomic mass is 10.2. The third kappa shape index (κ3) is 3.66. The van der Waals surface area contributed by atoms with Crippen LogP contribution in [-0.2, 0) is 4.79 Å². The summed E-state index contributed by atoms with van der Waals surface area (Å²) in [7, 11) is 1.66. The van der Waals surface area contributed by atoms with E-state index in [4.69, 9.17) is 9.15 Å². The summed E-state index contributed by atoms with van der Waals surface area (Å²) in [5.74, 6) is 0.694. The molecule has 1 aromatic heterocycles. The van der Waals surface area contributed by atoms with E-state index < -0.39 is 4.92 Å². The molecule has 1 atom stereocenters. The highest BCUT2D eigenvalue weighted by atomic mass is 16.6. The summed E-state index contributed by atoms with van der Waals surface area (Å²) in [4.78, 5) is 24.2. The number of benzene rings is 2. The fourth-order valence-electron chi connectivity index (χ4n) is 2.55. The Morgan fingerprint density at radius 2 is 2.00 bits per heavy atom. The molecule has 0 fully saturated rings. The Labute approximate surface area is 149 Å². The van der Waals surface area contributed by atoms with Crippen LogP contribution < -0.4 is 4.74 Å². The van der Waals surface area contributed by atoms with E-state index in [2.05, 4.69) is 0 Å². The molecule has 1 unspecified atom stereocenters. The molecule has 0 aliphatic rings. The minimum Gasteiger partial charge on any atom is -0.484 e. The quantitative estimate of drug-likeness (QED) is 0.494. The van der Waals surface area contributed by atoms with E-state index in [9.17, 15) is 14.9 Å². The smallest absolute Gasteiger partial charge is 0.273 e. The minimum atomic E-state index is -0.509. The summed E-state index contributed by atoms with van der Waals surface area (Å²) in [5.41, 5.74) is 0.682. The van der Waals surface area contributed by atoms with E-state index in [1.807, 2.05) is 37.3 Å². The Kier molecular flexibility index (Phi) is 4.88. The number of amides is 1. The number of furan rings is 1. The summed E-state index contributed by atoms with van der Waals surface area (Å²) >= 11 is 0. The van der Waals surface area contributed by atoms with Crippen LogP contribution in [0.3, 0.4) is 0 Å². The van der Waals surface area contributed by atoms with Crippen LogP contribution in [0.25, 0.3) is 11.0 Å². The topological polar surface area (TPSA) is 85.8 Å². The number of carbonyl (C=O) groups excluding carboxylic acids is 1. The van der Waals surface area contributed by atoms with Gasteiger partial charge in [-0.2, -0.15) is 0 Å². The summed E-state index contributed by atoms with van der Waals surface area (Å²) in [6, 6.07) is 15.0. The SMILES string of the molecule is CC(c1cc2ccccc2o1)N(C)C(=O)COc1cccc([N+](=O)[O-])c1. The molecule has 0 bridgehead atoms. The summed E-state index contributed by atoms with van der Waals surface area (Å²) < 4.78 is 11.2. The number of fused-ring (bicyclic) bond motifs is 1. The largest absolute Gasteiger partial charge is 0.484 e.